The maximum atomic E-state index is 4.72. The lowest BCUT2D eigenvalue weighted by Crippen LogP contribution is -1.82. The minimum absolute atomic E-state index is 1.02. The molecule has 3 rings (SSSR count). The Labute approximate surface area is 120 Å². The minimum atomic E-state index is 1.02. The first-order valence-corrected chi connectivity index (χ1v) is 7.93. The molecule has 0 saturated carbocycles. The second kappa shape index (κ2) is 5.55. The van der Waals surface area contributed by atoms with Gasteiger partial charge in [-0.2, -0.15) is 0 Å². The Morgan fingerprint density at radius 2 is 1.79 bits per heavy atom. The van der Waals surface area contributed by atoms with E-state index in [1.807, 2.05) is 18.3 Å². The van der Waals surface area contributed by atoms with Crippen LogP contribution in [0.15, 0.2) is 59.2 Å². The molecule has 1 aromatic carbocycles. The summed E-state index contributed by atoms with van der Waals surface area (Å²) in [6.07, 6.45) is 5.71. The molecule has 0 unspecified atom stereocenters. The molecule has 2 heterocycles. The number of aromatic nitrogens is 2. The average molecular weight is 284 g/mol. The highest BCUT2D eigenvalue weighted by Gasteiger charge is 2.14. The average Bonchev–Trinajstić information content (AvgIpc) is 2.93. The van der Waals surface area contributed by atoms with Crippen molar-refractivity contribution in [2.75, 3.05) is 6.26 Å². The lowest BCUT2D eigenvalue weighted by atomic mass is 10.1. The molecule has 0 bridgehead atoms. The Kier molecular flexibility index (Phi) is 3.62. The van der Waals surface area contributed by atoms with Crippen molar-refractivity contribution in [3.8, 4) is 21.7 Å². The molecule has 2 nitrogen and oxygen atoms in total. The monoisotopic (exact) mass is 284 g/mol. The third-order valence-electron chi connectivity index (χ3n) is 2.75. The molecule has 94 valence electrons. The molecular formula is C15H12N2S2. The van der Waals surface area contributed by atoms with E-state index in [1.54, 1.807) is 29.3 Å². The summed E-state index contributed by atoms with van der Waals surface area (Å²) < 4.78 is 1.08. The number of benzene rings is 1. The Hall–Kier alpha value is -1.65. The van der Waals surface area contributed by atoms with Gasteiger partial charge in [0.15, 0.2) is 4.34 Å². The van der Waals surface area contributed by atoms with Gasteiger partial charge < -0.3 is 0 Å². The van der Waals surface area contributed by atoms with Gasteiger partial charge in [-0.1, -0.05) is 42.1 Å². The van der Waals surface area contributed by atoms with Gasteiger partial charge in [0.2, 0.25) is 0 Å². The van der Waals surface area contributed by atoms with Crippen molar-refractivity contribution in [2.24, 2.45) is 0 Å². The molecule has 0 spiro atoms. The van der Waals surface area contributed by atoms with Crippen LogP contribution in [0, 0.1) is 0 Å². The number of thioether (sulfide) groups is 1. The van der Waals surface area contributed by atoms with Crippen LogP contribution in [-0.2, 0) is 0 Å². The van der Waals surface area contributed by atoms with Crippen molar-refractivity contribution >= 4 is 23.1 Å². The Morgan fingerprint density at radius 3 is 2.47 bits per heavy atom. The fourth-order valence-electron chi connectivity index (χ4n) is 1.87. The first-order valence-electron chi connectivity index (χ1n) is 5.89. The van der Waals surface area contributed by atoms with Crippen LogP contribution in [-0.4, -0.2) is 16.2 Å². The van der Waals surface area contributed by atoms with Crippen LogP contribution in [0.2, 0.25) is 0 Å². The van der Waals surface area contributed by atoms with E-state index in [9.17, 15) is 0 Å². The van der Waals surface area contributed by atoms with Crippen LogP contribution in [0.5, 0.6) is 0 Å². The van der Waals surface area contributed by atoms with Gasteiger partial charge in [0.25, 0.3) is 0 Å². The summed E-state index contributed by atoms with van der Waals surface area (Å²) in [6, 6.07) is 14.4. The van der Waals surface area contributed by atoms with Gasteiger partial charge in [-0.05, 0) is 24.0 Å². The number of nitrogens with zero attached hydrogens (tertiary/aromatic N) is 2. The summed E-state index contributed by atoms with van der Waals surface area (Å²) in [4.78, 5) is 10.1. The summed E-state index contributed by atoms with van der Waals surface area (Å²) in [5, 5.41) is 0. The SMILES string of the molecule is CSc1nc(-c2cccnc2)c(-c2ccccc2)s1. The predicted molar refractivity (Wildman–Crippen MR) is 82.6 cm³/mol. The highest BCUT2D eigenvalue weighted by atomic mass is 32.2. The van der Waals surface area contributed by atoms with Crippen LogP contribution in [0.1, 0.15) is 0 Å². The van der Waals surface area contributed by atoms with Crippen LogP contribution < -0.4 is 0 Å². The van der Waals surface area contributed by atoms with Crippen molar-refractivity contribution in [3.63, 3.8) is 0 Å². The third-order valence-corrected chi connectivity index (χ3v) is 4.84. The van der Waals surface area contributed by atoms with Gasteiger partial charge in [-0.3, -0.25) is 4.98 Å². The maximum absolute atomic E-state index is 4.72. The zero-order valence-corrected chi connectivity index (χ0v) is 12.0. The Balaban J connectivity index is 2.17. The molecule has 0 atom stereocenters. The second-order valence-corrected chi connectivity index (χ2v) is 6.02. The molecule has 0 saturated heterocycles. The smallest absolute Gasteiger partial charge is 0.150 e. The highest BCUT2D eigenvalue weighted by molar-refractivity contribution is 8.00. The van der Waals surface area contributed by atoms with E-state index in [2.05, 4.69) is 41.6 Å². The van der Waals surface area contributed by atoms with E-state index in [0.717, 1.165) is 15.6 Å². The van der Waals surface area contributed by atoms with E-state index in [-0.39, 0.29) is 0 Å². The lowest BCUT2D eigenvalue weighted by Gasteiger charge is -2.01. The number of thiazole rings is 1. The molecule has 0 radical (unpaired) electrons. The van der Waals surface area contributed by atoms with Crippen molar-refractivity contribution in [3.05, 3.63) is 54.9 Å². The third kappa shape index (κ3) is 2.55. The normalized spacial score (nSPS) is 10.6. The fourth-order valence-corrected chi connectivity index (χ4v) is 3.46. The first kappa shape index (κ1) is 12.4. The van der Waals surface area contributed by atoms with Crippen LogP contribution >= 0.6 is 23.1 Å². The fraction of sp³-hybridized carbons (Fsp3) is 0.0667. The van der Waals surface area contributed by atoms with E-state index in [4.69, 9.17) is 4.98 Å². The van der Waals surface area contributed by atoms with E-state index in [0.29, 0.717) is 0 Å². The quantitative estimate of drug-likeness (QED) is 0.658. The predicted octanol–water partition coefficient (Wildman–Crippen LogP) is 4.59. The first-order chi connectivity index (χ1) is 9.38. The Bertz CT molecular complexity index is 606. The molecule has 0 amide bonds. The molecule has 0 aliphatic rings. The van der Waals surface area contributed by atoms with Crippen LogP contribution in [0.25, 0.3) is 21.7 Å². The minimum Gasteiger partial charge on any atom is -0.264 e. The maximum Gasteiger partial charge on any atom is 0.150 e. The topological polar surface area (TPSA) is 25.8 Å². The zero-order chi connectivity index (χ0) is 13.1. The van der Waals surface area contributed by atoms with Gasteiger partial charge >= 0.3 is 0 Å². The van der Waals surface area contributed by atoms with Gasteiger partial charge in [0.1, 0.15) is 0 Å². The van der Waals surface area contributed by atoms with Crippen LogP contribution in [0.4, 0.5) is 0 Å². The molecule has 0 aliphatic carbocycles. The lowest BCUT2D eigenvalue weighted by molar-refractivity contribution is 1.24. The van der Waals surface area contributed by atoms with Crippen molar-refractivity contribution < 1.29 is 0 Å². The second-order valence-electron chi connectivity index (χ2n) is 3.97. The van der Waals surface area contributed by atoms with Crippen molar-refractivity contribution in [1.82, 2.24) is 9.97 Å². The molecule has 0 fully saturated rings. The zero-order valence-electron chi connectivity index (χ0n) is 10.4. The number of rotatable bonds is 3. The molecular weight excluding hydrogens is 272 g/mol. The number of pyridine rings is 1. The van der Waals surface area contributed by atoms with Gasteiger partial charge in [-0.25, -0.2) is 4.98 Å². The summed E-state index contributed by atoms with van der Waals surface area (Å²) in [6.45, 7) is 0. The Morgan fingerprint density at radius 1 is 1.00 bits per heavy atom. The van der Waals surface area contributed by atoms with Crippen molar-refractivity contribution in [1.29, 1.82) is 0 Å². The highest BCUT2D eigenvalue weighted by Crippen LogP contribution is 2.39. The van der Waals surface area contributed by atoms with E-state index in [1.165, 1.54) is 10.4 Å². The number of hydrogen-bond acceptors (Lipinski definition) is 4. The van der Waals surface area contributed by atoms with Gasteiger partial charge in [0, 0.05) is 18.0 Å². The van der Waals surface area contributed by atoms with Crippen molar-refractivity contribution in [2.45, 2.75) is 4.34 Å². The summed E-state index contributed by atoms with van der Waals surface area (Å²) in [5.74, 6) is 0. The number of hydrogen-bond donors (Lipinski definition) is 0. The van der Waals surface area contributed by atoms with Gasteiger partial charge in [0.05, 0.1) is 10.6 Å². The summed E-state index contributed by atoms with van der Waals surface area (Å²) >= 11 is 3.41. The summed E-state index contributed by atoms with van der Waals surface area (Å²) in [5.41, 5.74) is 3.30. The molecule has 0 aliphatic heterocycles. The van der Waals surface area contributed by atoms with E-state index >= 15 is 0 Å². The molecule has 0 N–H and O–H groups in total. The molecule has 3 aromatic rings. The summed E-state index contributed by atoms with van der Waals surface area (Å²) in [7, 11) is 0. The molecule has 4 heteroatoms. The molecule has 19 heavy (non-hydrogen) atoms. The largest absolute Gasteiger partial charge is 0.264 e. The molecule has 2 aromatic heterocycles. The standard InChI is InChI=1S/C15H12N2S2/c1-18-15-17-13(12-8-5-9-16-10-12)14(19-15)11-6-3-2-4-7-11/h2-10H,1H3. The van der Waals surface area contributed by atoms with E-state index < -0.39 is 0 Å². The van der Waals surface area contributed by atoms with Gasteiger partial charge in [-0.15, -0.1) is 11.3 Å². The van der Waals surface area contributed by atoms with Crippen LogP contribution in [0.3, 0.4) is 0 Å².